The molecule has 6 heteroatoms. The number of carbonyl (C=O) groups excluding carboxylic acids is 1. The number of nitrogens with two attached hydrogens (primary N) is 1. The number of nitrogens with zero attached hydrogens (tertiary/aromatic N) is 2. The van der Waals surface area contributed by atoms with Gasteiger partial charge in [-0.2, -0.15) is 5.26 Å². The number of hydrogen-bond donors (Lipinski definition) is 1. The quantitative estimate of drug-likeness (QED) is 0.852. The minimum Gasteiger partial charge on any atom is -0.462 e. The van der Waals surface area contributed by atoms with Crippen molar-refractivity contribution in [1.82, 2.24) is 4.57 Å². The molecule has 2 N–H and O–H groups in total. The Balaban J connectivity index is 2.93. The number of hydrogen-bond acceptors (Lipinski definition) is 5. The predicted molar refractivity (Wildman–Crippen MR) is 91.5 cm³/mol. The fourth-order valence-corrected chi connectivity index (χ4v) is 2.59. The summed E-state index contributed by atoms with van der Waals surface area (Å²) in [6.07, 6.45) is 0.641. The highest BCUT2D eigenvalue weighted by Gasteiger charge is 2.26. The molecule has 0 atom stereocenters. The van der Waals surface area contributed by atoms with Crippen molar-refractivity contribution in [2.24, 2.45) is 0 Å². The number of esters is 1. The molecule has 0 saturated heterocycles. The zero-order valence-electron chi connectivity index (χ0n) is 13.7. The Morgan fingerprint density at radius 2 is 1.96 bits per heavy atom. The van der Waals surface area contributed by atoms with E-state index in [1.807, 2.05) is 13.0 Å². The lowest BCUT2D eigenvalue weighted by atomic mass is 9.95. The van der Waals surface area contributed by atoms with Crippen LogP contribution < -0.4 is 11.3 Å². The summed E-state index contributed by atoms with van der Waals surface area (Å²) in [5, 5.41) is 9.52. The standard InChI is InChI=1S/C18H19N3O3/c1-3-10-21-16(20)15(18(23)24-4-2)14(13(11-19)17(21)22)12-8-6-5-7-9-12/h5-9H,3-4,10,20H2,1-2H3. The van der Waals surface area contributed by atoms with Crippen molar-refractivity contribution in [2.75, 3.05) is 12.3 Å². The second kappa shape index (κ2) is 7.47. The Labute approximate surface area is 140 Å². The lowest BCUT2D eigenvalue weighted by Crippen LogP contribution is -2.29. The molecule has 0 fully saturated rings. The van der Waals surface area contributed by atoms with Gasteiger partial charge in [0.25, 0.3) is 5.56 Å². The predicted octanol–water partition coefficient (Wildman–Crippen LogP) is 2.56. The minimum absolute atomic E-state index is 0.0261. The number of anilines is 1. The van der Waals surface area contributed by atoms with E-state index in [0.717, 1.165) is 0 Å². The van der Waals surface area contributed by atoms with Crippen molar-refractivity contribution in [2.45, 2.75) is 26.8 Å². The summed E-state index contributed by atoms with van der Waals surface area (Å²) in [7, 11) is 0. The zero-order chi connectivity index (χ0) is 17.7. The van der Waals surface area contributed by atoms with Gasteiger partial charge in [-0.05, 0) is 18.9 Å². The molecular formula is C18H19N3O3. The summed E-state index contributed by atoms with van der Waals surface area (Å²) in [5.74, 6) is -0.617. The number of nitrogen functional groups attached to an aromatic ring is 1. The van der Waals surface area contributed by atoms with E-state index in [0.29, 0.717) is 18.5 Å². The zero-order valence-corrected chi connectivity index (χ0v) is 13.7. The molecule has 0 radical (unpaired) electrons. The summed E-state index contributed by atoms with van der Waals surface area (Å²) in [5.41, 5.74) is 6.38. The number of aromatic nitrogens is 1. The fraction of sp³-hybridized carbons (Fsp3) is 0.278. The van der Waals surface area contributed by atoms with Gasteiger partial charge in [-0.1, -0.05) is 37.3 Å². The third-order valence-electron chi connectivity index (χ3n) is 3.61. The highest BCUT2D eigenvalue weighted by Crippen LogP contribution is 2.30. The molecule has 1 heterocycles. The molecule has 2 aromatic rings. The van der Waals surface area contributed by atoms with Crippen molar-refractivity contribution < 1.29 is 9.53 Å². The molecule has 0 aliphatic heterocycles. The number of benzene rings is 1. The highest BCUT2D eigenvalue weighted by atomic mass is 16.5. The monoisotopic (exact) mass is 325 g/mol. The van der Waals surface area contributed by atoms with Gasteiger partial charge in [0.05, 0.1) is 6.61 Å². The molecular weight excluding hydrogens is 306 g/mol. The van der Waals surface area contributed by atoms with E-state index < -0.39 is 11.5 Å². The van der Waals surface area contributed by atoms with Gasteiger partial charge < -0.3 is 10.5 Å². The van der Waals surface area contributed by atoms with Crippen LogP contribution in [0.5, 0.6) is 0 Å². The first-order valence-corrected chi connectivity index (χ1v) is 7.75. The molecule has 24 heavy (non-hydrogen) atoms. The van der Waals surface area contributed by atoms with E-state index in [2.05, 4.69) is 0 Å². The Kier molecular flexibility index (Phi) is 5.38. The van der Waals surface area contributed by atoms with Crippen LogP contribution in [0.2, 0.25) is 0 Å². The Morgan fingerprint density at radius 3 is 2.50 bits per heavy atom. The highest BCUT2D eigenvalue weighted by molar-refractivity contribution is 6.03. The molecule has 124 valence electrons. The van der Waals surface area contributed by atoms with Gasteiger partial charge in [0, 0.05) is 12.1 Å². The van der Waals surface area contributed by atoms with Crippen molar-refractivity contribution in [3.05, 3.63) is 51.8 Å². The van der Waals surface area contributed by atoms with Crippen LogP contribution in [0.3, 0.4) is 0 Å². The van der Waals surface area contributed by atoms with Crippen LogP contribution in [-0.2, 0) is 11.3 Å². The van der Waals surface area contributed by atoms with Gasteiger partial charge in [-0.25, -0.2) is 4.79 Å². The Bertz CT molecular complexity index is 849. The topological polar surface area (TPSA) is 98.1 Å². The van der Waals surface area contributed by atoms with Crippen molar-refractivity contribution >= 4 is 11.8 Å². The third kappa shape index (κ3) is 3.01. The molecule has 0 amide bonds. The second-order valence-corrected chi connectivity index (χ2v) is 5.17. The van der Waals surface area contributed by atoms with E-state index in [-0.39, 0.29) is 29.1 Å². The Hall–Kier alpha value is -3.07. The van der Waals surface area contributed by atoms with Gasteiger partial charge in [-0.15, -0.1) is 0 Å². The van der Waals surface area contributed by atoms with Crippen molar-refractivity contribution in [3.8, 4) is 17.2 Å². The molecule has 6 nitrogen and oxygen atoms in total. The number of pyridine rings is 1. The average Bonchev–Trinajstić information content (AvgIpc) is 2.59. The number of ether oxygens (including phenoxy) is 1. The molecule has 0 aliphatic carbocycles. The smallest absolute Gasteiger partial charge is 0.342 e. The molecule has 0 unspecified atom stereocenters. The summed E-state index contributed by atoms with van der Waals surface area (Å²) < 4.78 is 6.36. The van der Waals surface area contributed by atoms with Crippen LogP contribution in [0.15, 0.2) is 35.1 Å². The molecule has 0 bridgehead atoms. The molecule has 1 aromatic carbocycles. The maximum absolute atomic E-state index is 12.6. The molecule has 0 spiro atoms. The van der Waals surface area contributed by atoms with Crippen LogP contribution in [0, 0.1) is 11.3 Å². The molecule has 2 rings (SSSR count). The number of nitriles is 1. The summed E-state index contributed by atoms with van der Waals surface area (Å²) in [6.45, 7) is 4.05. The van der Waals surface area contributed by atoms with E-state index >= 15 is 0 Å². The van der Waals surface area contributed by atoms with E-state index in [1.165, 1.54) is 4.57 Å². The normalized spacial score (nSPS) is 10.2. The molecule has 1 aromatic heterocycles. The van der Waals surface area contributed by atoms with E-state index in [9.17, 15) is 14.9 Å². The van der Waals surface area contributed by atoms with E-state index in [4.69, 9.17) is 10.5 Å². The van der Waals surface area contributed by atoms with Crippen LogP contribution in [0.1, 0.15) is 36.2 Å². The van der Waals surface area contributed by atoms with E-state index in [1.54, 1.807) is 37.3 Å². The molecule has 0 saturated carbocycles. The second-order valence-electron chi connectivity index (χ2n) is 5.17. The summed E-state index contributed by atoms with van der Waals surface area (Å²) in [4.78, 5) is 25.1. The first kappa shape index (κ1) is 17.3. The van der Waals surface area contributed by atoms with Gasteiger partial charge >= 0.3 is 5.97 Å². The van der Waals surface area contributed by atoms with Gasteiger partial charge in [0.15, 0.2) is 0 Å². The summed E-state index contributed by atoms with van der Waals surface area (Å²) >= 11 is 0. The van der Waals surface area contributed by atoms with Crippen LogP contribution in [0.4, 0.5) is 5.82 Å². The largest absolute Gasteiger partial charge is 0.462 e. The maximum Gasteiger partial charge on any atom is 0.342 e. The van der Waals surface area contributed by atoms with Gasteiger partial charge in [0.1, 0.15) is 23.0 Å². The lowest BCUT2D eigenvalue weighted by Gasteiger charge is -2.18. The SMILES string of the molecule is CCCn1c(N)c(C(=O)OCC)c(-c2ccccc2)c(C#N)c1=O. The Morgan fingerprint density at radius 1 is 1.29 bits per heavy atom. The average molecular weight is 325 g/mol. The van der Waals surface area contributed by atoms with Crippen LogP contribution >= 0.6 is 0 Å². The first-order valence-electron chi connectivity index (χ1n) is 7.75. The van der Waals surface area contributed by atoms with Crippen LogP contribution in [-0.4, -0.2) is 17.1 Å². The van der Waals surface area contributed by atoms with Crippen molar-refractivity contribution in [1.29, 1.82) is 5.26 Å². The number of rotatable bonds is 5. The van der Waals surface area contributed by atoms with Crippen LogP contribution in [0.25, 0.3) is 11.1 Å². The van der Waals surface area contributed by atoms with Gasteiger partial charge in [0.2, 0.25) is 0 Å². The maximum atomic E-state index is 12.6. The van der Waals surface area contributed by atoms with Crippen molar-refractivity contribution in [3.63, 3.8) is 0 Å². The fourth-order valence-electron chi connectivity index (χ4n) is 2.59. The number of carbonyl (C=O) groups is 1. The van der Waals surface area contributed by atoms with Gasteiger partial charge in [-0.3, -0.25) is 9.36 Å². The first-order chi connectivity index (χ1) is 11.6. The minimum atomic E-state index is -0.643. The third-order valence-corrected chi connectivity index (χ3v) is 3.61. The lowest BCUT2D eigenvalue weighted by molar-refractivity contribution is 0.0527. The molecule has 0 aliphatic rings. The summed E-state index contributed by atoms with van der Waals surface area (Å²) in [6, 6.07) is 10.7.